The highest BCUT2D eigenvalue weighted by Crippen LogP contribution is 2.27. The Hall–Kier alpha value is -2.60. The molecule has 1 amide bonds. The first kappa shape index (κ1) is 15.8. The highest BCUT2D eigenvalue weighted by Gasteiger charge is 2.13. The predicted octanol–water partition coefficient (Wildman–Crippen LogP) is 2.98. The number of carbonyl (C=O) groups excluding carboxylic acids is 1. The maximum absolute atomic E-state index is 11.7. The number of hydrogen-bond donors (Lipinski definition) is 2. The average Bonchev–Trinajstić information content (AvgIpc) is 2.53. The van der Waals surface area contributed by atoms with Crippen LogP contribution in [0.1, 0.15) is 5.56 Å². The van der Waals surface area contributed by atoms with E-state index >= 15 is 0 Å². The molecule has 0 fully saturated rings. The van der Waals surface area contributed by atoms with Gasteiger partial charge in [-0.15, -0.1) is 0 Å². The summed E-state index contributed by atoms with van der Waals surface area (Å²) in [6, 6.07) is 13.8. The van der Waals surface area contributed by atoms with Crippen LogP contribution in [0.15, 0.2) is 48.5 Å². The lowest BCUT2D eigenvalue weighted by atomic mass is 10.2. The number of benzene rings is 2. The maximum atomic E-state index is 11.7. The van der Waals surface area contributed by atoms with Crippen LogP contribution in [-0.4, -0.2) is 17.4 Å². The molecule has 0 aliphatic carbocycles. The van der Waals surface area contributed by atoms with Gasteiger partial charge in [-0.05, 0) is 17.7 Å². The Morgan fingerprint density at radius 1 is 1.18 bits per heavy atom. The van der Waals surface area contributed by atoms with E-state index in [2.05, 4.69) is 10.6 Å². The number of nitro groups is 1. The third kappa shape index (κ3) is 4.46. The molecule has 0 heterocycles. The third-order valence-electron chi connectivity index (χ3n) is 2.93. The minimum Gasteiger partial charge on any atom is -0.376 e. The zero-order chi connectivity index (χ0) is 15.9. The fraction of sp³-hybridized carbons (Fsp3) is 0.133. The second-order valence-electron chi connectivity index (χ2n) is 4.54. The van der Waals surface area contributed by atoms with Gasteiger partial charge in [-0.1, -0.05) is 41.9 Å². The zero-order valence-electron chi connectivity index (χ0n) is 11.6. The summed E-state index contributed by atoms with van der Waals surface area (Å²) in [4.78, 5) is 22.0. The molecule has 0 saturated carbocycles. The first-order chi connectivity index (χ1) is 10.6. The van der Waals surface area contributed by atoms with Crippen LogP contribution in [0.3, 0.4) is 0 Å². The van der Waals surface area contributed by atoms with Gasteiger partial charge in [-0.25, -0.2) is 0 Å². The van der Waals surface area contributed by atoms with Gasteiger partial charge < -0.3 is 10.6 Å². The maximum Gasteiger partial charge on any atom is 0.289 e. The number of amides is 1. The molecule has 114 valence electrons. The largest absolute Gasteiger partial charge is 0.376 e. The van der Waals surface area contributed by atoms with Crippen molar-refractivity contribution in [3.8, 4) is 0 Å². The van der Waals surface area contributed by atoms with Crippen LogP contribution >= 0.6 is 11.6 Å². The SMILES string of the molecule is O=C(CNc1ccc(Cl)c([N+](=O)[O-])c1)NCc1ccccc1. The van der Waals surface area contributed by atoms with Crippen molar-refractivity contribution in [1.29, 1.82) is 0 Å². The Bertz CT molecular complexity index is 677. The van der Waals surface area contributed by atoms with Gasteiger partial charge in [0.25, 0.3) is 5.69 Å². The van der Waals surface area contributed by atoms with Crippen molar-refractivity contribution in [3.05, 3.63) is 69.2 Å². The highest BCUT2D eigenvalue weighted by molar-refractivity contribution is 6.32. The van der Waals surface area contributed by atoms with E-state index < -0.39 is 4.92 Å². The first-order valence-electron chi connectivity index (χ1n) is 6.54. The van der Waals surface area contributed by atoms with E-state index in [1.165, 1.54) is 12.1 Å². The smallest absolute Gasteiger partial charge is 0.289 e. The first-order valence-corrected chi connectivity index (χ1v) is 6.92. The van der Waals surface area contributed by atoms with E-state index in [9.17, 15) is 14.9 Å². The Morgan fingerprint density at radius 2 is 1.91 bits per heavy atom. The molecule has 0 radical (unpaired) electrons. The Kier molecular flexibility index (Phi) is 5.32. The van der Waals surface area contributed by atoms with Gasteiger partial charge in [0.05, 0.1) is 11.5 Å². The molecule has 0 spiro atoms. The number of nitrogens with one attached hydrogen (secondary N) is 2. The number of anilines is 1. The fourth-order valence-electron chi connectivity index (χ4n) is 1.80. The van der Waals surface area contributed by atoms with Gasteiger partial charge in [0, 0.05) is 18.3 Å². The summed E-state index contributed by atoms with van der Waals surface area (Å²) in [5.41, 5.74) is 1.26. The van der Waals surface area contributed by atoms with Gasteiger partial charge in [-0.3, -0.25) is 14.9 Å². The lowest BCUT2D eigenvalue weighted by Crippen LogP contribution is -2.29. The minimum absolute atomic E-state index is 0.0195. The monoisotopic (exact) mass is 319 g/mol. The number of hydrogen-bond acceptors (Lipinski definition) is 4. The van der Waals surface area contributed by atoms with E-state index in [-0.39, 0.29) is 23.2 Å². The number of nitrogens with zero attached hydrogens (tertiary/aromatic N) is 1. The zero-order valence-corrected chi connectivity index (χ0v) is 12.3. The molecule has 22 heavy (non-hydrogen) atoms. The lowest BCUT2D eigenvalue weighted by molar-refractivity contribution is -0.384. The summed E-state index contributed by atoms with van der Waals surface area (Å²) >= 11 is 5.72. The van der Waals surface area contributed by atoms with Crippen LogP contribution in [-0.2, 0) is 11.3 Å². The molecular formula is C15H14ClN3O3. The number of carbonyl (C=O) groups is 1. The van der Waals surface area contributed by atoms with Gasteiger partial charge >= 0.3 is 0 Å². The van der Waals surface area contributed by atoms with Crippen LogP contribution in [0.4, 0.5) is 11.4 Å². The minimum atomic E-state index is -0.566. The molecule has 0 aliphatic rings. The molecule has 0 bridgehead atoms. The summed E-state index contributed by atoms with van der Waals surface area (Å²) in [6.07, 6.45) is 0. The van der Waals surface area contributed by atoms with E-state index in [0.717, 1.165) is 5.56 Å². The molecule has 2 N–H and O–H groups in total. The molecule has 2 aromatic carbocycles. The van der Waals surface area contributed by atoms with E-state index in [4.69, 9.17) is 11.6 Å². The number of rotatable bonds is 6. The summed E-state index contributed by atoms with van der Waals surface area (Å²) in [5.74, 6) is -0.207. The Balaban J connectivity index is 1.86. The van der Waals surface area contributed by atoms with Crippen LogP contribution in [0.5, 0.6) is 0 Å². The summed E-state index contributed by atoms with van der Waals surface area (Å²) in [6.45, 7) is 0.452. The summed E-state index contributed by atoms with van der Waals surface area (Å²) in [7, 11) is 0. The quantitative estimate of drug-likeness (QED) is 0.633. The van der Waals surface area contributed by atoms with E-state index in [1.54, 1.807) is 6.07 Å². The Labute approximate surface area is 132 Å². The van der Waals surface area contributed by atoms with Crippen LogP contribution < -0.4 is 10.6 Å². The third-order valence-corrected chi connectivity index (χ3v) is 3.25. The second-order valence-corrected chi connectivity index (χ2v) is 4.95. The fourth-order valence-corrected chi connectivity index (χ4v) is 1.99. The van der Waals surface area contributed by atoms with Gasteiger partial charge in [-0.2, -0.15) is 0 Å². The van der Waals surface area contributed by atoms with Gasteiger partial charge in [0.1, 0.15) is 5.02 Å². The van der Waals surface area contributed by atoms with Crippen molar-refractivity contribution in [2.45, 2.75) is 6.54 Å². The van der Waals surface area contributed by atoms with Crippen molar-refractivity contribution in [2.75, 3.05) is 11.9 Å². The second kappa shape index (κ2) is 7.42. The molecule has 0 aliphatic heterocycles. The molecule has 0 aromatic heterocycles. The Morgan fingerprint density at radius 3 is 2.59 bits per heavy atom. The number of nitro benzene ring substituents is 1. The van der Waals surface area contributed by atoms with Crippen molar-refractivity contribution in [2.24, 2.45) is 0 Å². The molecular weight excluding hydrogens is 306 g/mol. The summed E-state index contributed by atoms with van der Waals surface area (Å²) < 4.78 is 0. The van der Waals surface area contributed by atoms with Crippen molar-refractivity contribution in [3.63, 3.8) is 0 Å². The van der Waals surface area contributed by atoms with Crippen molar-refractivity contribution < 1.29 is 9.72 Å². The van der Waals surface area contributed by atoms with Gasteiger partial charge in [0.15, 0.2) is 0 Å². The standard InChI is InChI=1S/C15H14ClN3O3/c16-13-7-6-12(8-14(13)19(21)22)17-10-15(20)18-9-11-4-2-1-3-5-11/h1-8,17H,9-10H2,(H,18,20). The van der Waals surface area contributed by atoms with E-state index in [1.807, 2.05) is 30.3 Å². The lowest BCUT2D eigenvalue weighted by Gasteiger charge is -2.08. The van der Waals surface area contributed by atoms with E-state index in [0.29, 0.717) is 12.2 Å². The molecule has 7 heteroatoms. The molecule has 0 saturated heterocycles. The molecule has 6 nitrogen and oxygen atoms in total. The molecule has 0 unspecified atom stereocenters. The van der Waals surface area contributed by atoms with Crippen molar-refractivity contribution in [1.82, 2.24) is 5.32 Å². The topological polar surface area (TPSA) is 84.3 Å². The van der Waals surface area contributed by atoms with Crippen LogP contribution in [0, 0.1) is 10.1 Å². The number of halogens is 1. The summed E-state index contributed by atoms with van der Waals surface area (Å²) in [5, 5.41) is 16.4. The predicted molar refractivity (Wildman–Crippen MR) is 84.9 cm³/mol. The van der Waals surface area contributed by atoms with Crippen molar-refractivity contribution >= 4 is 28.9 Å². The van der Waals surface area contributed by atoms with Gasteiger partial charge in [0.2, 0.25) is 5.91 Å². The highest BCUT2D eigenvalue weighted by atomic mass is 35.5. The molecule has 0 atom stereocenters. The van der Waals surface area contributed by atoms with Crippen LogP contribution in [0.25, 0.3) is 0 Å². The average molecular weight is 320 g/mol. The van der Waals surface area contributed by atoms with Crippen LogP contribution in [0.2, 0.25) is 5.02 Å². The molecule has 2 aromatic rings. The normalized spacial score (nSPS) is 10.0. The molecule has 2 rings (SSSR count).